The van der Waals surface area contributed by atoms with Gasteiger partial charge in [-0.2, -0.15) is 0 Å². The Morgan fingerprint density at radius 2 is 1.79 bits per heavy atom. The van der Waals surface area contributed by atoms with E-state index in [-0.39, 0.29) is 5.78 Å². The second-order valence-electron chi connectivity index (χ2n) is 4.96. The Balaban J connectivity index is 3.08. The molecule has 0 unspecified atom stereocenters. The van der Waals surface area contributed by atoms with Crippen molar-refractivity contribution in [3.63, 3.8) is 0 Å². The lowest BCUT2D eigenvalue weighted by molar-refractivity contribution is -0.140. The van der Waals surface area contributed by atoms with Gasteiger partial charge in [-0.15, -0.1) is 11.8 Å². The van der Waals surface area contributed by atoms with Crippen LogP contribution in [0.4, 0.5) is 0 Å². The molecule has 0 aliphatic carbocycles. The van der Waals surface area contributed by atoms with Crippen molar-refractivity contribution in [3.8, 4) is 5.75 Å². The molecule has 0 amide bonds. The molecule has 6 heteroatoms. The molecular weight excluding hydrogens is 326 g/mol. The van der Waals surface area contributed by atoms with E-state index >= 15 is 0 Å². The van der Waals surface area contributed by atoms with E-state index in [1.807, 2.05) is 6.26 Å². The molecule has 0 N–H and O–H groups in total. The second kappa shape index (κ2) is 9.82. The molecule has 0 saturated carbocycles. The van der Waals surface area contributed by atoms with E-state index < -0.39 is 5.97 Å². The van der Waals surface area contributed by atoms with Crippen molar-refractivity contribution in [1.82, 2.24) is 4.90 Å². The smallest absolute Gasteiger partial charge is 0.354 e. The van der Waals surface area contributed by atoms with Crippen LogP contribution in [0.2, 0.25) is 0 Å². The number of hydrogen-bond donors (Lipinski definition) is 0. The fourth-order valence-electron chi connectivity index (χ4n) is 1.88. The van der Waals surface area contributed by atoms with Crippen molar-refractivity contribution in [2.24, 2.45) is 0 Å². The van der Waals surface area contributed by atoms with Crippen molar-refractivity contribution in [2.45, 2.75) is 6.92 Å². The van der Waals surface area contributed by atoms with Crippen LogP contribution in [0.5, 0.6) is 5.75 Å². The van der Waals surface area contributed by atoms with Crippen molar-refractivity contribution in [3.05, 3.63) is 52.6 Å². The van der Waals surface area contributed by atoms with Gasteiger partial charge in [0.2, 0.25) is 0 Å². The maximum atomic E-state index is 12.6. The van der Waals surface area contributed by atoms with Crippen LogP contribution in [0.3, 0.4) is 0 Å². The molecule has 0 aliphatic rings. The number of allylic oxidation sites excluding steroid dienone is 3. The number of thioether (sulfide) groups is 1. The van der Waals surface area contributed by atoms with E-state index in [1.54, 1.807) is 69.4 Å². The molecule has 1 aromatic carbocycles. The quantitative estimate of drug-likeness (QED) is 0.311. The molecule has 0 fully saturated rings. The van der Waals surface area contributed by atoms with Gasteiger partial charge in [0, 0.05) is 19.7 Å². The molecular formula is C18H23NO4S. The van der Waals surface area contributed by atoms with E-state index in [9.17, 15) is 9.59 Å². The van der Waals surface area contributed by atoms with Crippen LogP contribution in [0, 0.1) is 0 Å². The van der Waals surface area contributed by atoms with Crippen molar-refractivity contribution < 1.29 is 19.1 Å². The van der Waals surface area contributed by atoms with Gasteiger partial charge in [-0.1, -0.05) is 0 Å². The van der Waals surface area contributed by atoms with Gasteiger partial charge in [0.15, 0.2) is 5.78 Å². The summed E-state index contributed by atoms with van der Waals surface area (Å²) in [5, 5.41) is 0. The first kappa shape index (κ1) is 19.8. The molecule has 0 atom stereocenters. The summed E-state index contributed by atoms with van der Waals surface area (Å²) in [7, 11) is 5.08. The van der Waals surface area contributed by atoms with Gasteiger partial charge < -0.3 is 14.4 Å². The summed E-state index contributed by atoms with van der Waals surface area (Å²) in [4.78, 5) is 26.7. The van der Waals surface area contributed by atoms with Crippen LogP contribution in [0.15, 0.2) is 47.0 Å². The van der Waals surface area contributed by atoms with Gasteiger partial charge in [0.1, 0.15) is 11.4 Å². The molecule has 24 heavy (non-hydrogen) atoms. The first-order valence-electron chi connectivity index (χ1n) is 7.43. The van der Waals surface area contributed by atoms with Crippen LogP contribution >= 0.6 is 11.8 Å². The van der Waals surface area contributed by atoms with Gasteiger partial charge in [-0.3, -0.25) is 4.79 Å². The standard InChI is InChI=1S/C18H23NO4S/c1-6-23-18(21)15(19(2)3)11-12-16(24-5)17(20)13-7-9-14(22-4)10-8-13/h7-12H,6H2,1-5H3. The second-order valence-corrected chi connectivity index (χ2v) is 5.81. The predicted molar refractivity (Wildman–Crippen MR) is 97.3 cm³/mol. The van der Waals surface area contributed by atoms with E-state index in [0.29, 0.717) is 28.5 Å². The average molecular weight is 349 g/mol. The Bertz CT molecular complexity index is 633. The van der Waals surface area contributed by atoms with Crippen LogP contribution in [0.25, 0.3) is 0 Å². The molecule has 0 spiro atoms. The summed E-state index contributed by atoms with van der Waals surface area (Å²) in [6, 6.07) is 6.91. The molecule has 0 aromatic heterocycles. The largest absolute Gasteiger partial charge is 0.497 e. The number of carbonyl (C=O) groups excluding carboxylic acids is 2. The van der Waals surface area contributed by atoms with E-state index in [4.69, 9.17) is 9.47 Å². The van der Waals surface area contributed by atoms with Crippen LogP contribution in [0.1, 0.15) is 17.3 Å². The summed E-state index contributed by atoms with van der Waals surface area (Å²) in [6.45, 7) is 2.05. The molecule has 0 saturated heterocycles. The zero-order valence-corrected chi connectivity index (χ0v) is 15.5. The highest BCUT2D eigenvalue weighted by Gasteiger charge is 2.14. The third-order valence-electron chi connectivity index (χ3n) is 3.15. The number of likely N-dealkylation sites (N-methyl/N-ethyl adjacent to an activating group) is 1. The van der Waals surface area contributed by atoms with Gasteiger partial charge in [0.25, 0.3) is 0 Å². The Labute approximate surface area is 147 Å². The number of benzene rings is 1. The van der Waals surface area contributed by atoms with Crippen LogP contribution in [-0.4, -0.2) is 50.7 Å². The minimum Gasteiger partial charge on any atom is -0.497 e. The number of nitrogens with zero attached hydrogens (tertiary/aromatic N) is 1. The lowest BCUT2D eigenvalue weighted by Gasteiger charge is -2.15. The number of hydrogen-bond acceptors (Lipinski definition) is 6. The maximum absolute atomic E-state index is 12.6. The number of carbonyl (C=O) groups is 2. The Morgan fingerprint density at radius 3 is 2.25 bits per heavy atom. The summed E-state index contributed by atoms with van der Waals surface area (Å²) in [5.74, 6) is 0.165. The summed E-state index contributed by atoms with van der Waals surface area (Å²) in [6.07, 6.45) is 5.07. The fraction of sp³-hybridized carbons (Fsp3) is 0.333. The van der Waals surface area contributed by atoms with Gasteiger partial charge >= 0.3 is 5.97 Å². The Morgan fingerprint density at radius 1 is 1.17 bits per heavy atom. The van der Waals surface area contributed by atoms with Crippen molar-refractivity contribution in [1.29, 1.82) is 0 Å². The first-order valence-corrected chi connectivity index (χ1v) is 8.66. The SMILES string of the molecule is CCOC(=O)C(=CC=C(SC)C(=O)c1ccc(OC)cc1)N(C)C. The number of esters is 1. The number of Topliss-reactive ketones (excluding diaryl/α,β-unsaturated/α-hetero) is 1. The van der Waals surface area contributed by atoms with Crippen molar-refractivity contribution in [2.75, 3.05) is 34.1 Å². The summed E-state index contributed by atoms with van der Waals surface area (Å²) < 4.78 is 10.1. The molecule has 0 aliphatic heterocycles. The van der Waals surface area contributed by atoms with Gasteiger partial charge in [-0.25, -0.2) is 4.79 Å². The minimum atomic E-state index is -0.420. The zero-order valence-electron chi connectivity index (χ0n) is 14.7. The third kappa shape index (κ3) is 5.45. The average Bonchev–Trinajstić information content (AvgIpc) is 2.58. The monoisotopic (exact) mass is 349 g/mol. The minimum absolute atomic E-state index is 0.108. The van der Waals surface area contributed by atoms with E-state index in [1.165, 1.54) is 11.8 Å². The summed E-state index contributed by atoms with van der Waals surface area (Å²) >= 11 is 1.33. The molecule has 0 bridgehead atoms. The van der Waals surface area contributed by atoms with Crippen LogP contribution in [-0.2, 0) is 9.53 Å². The highest BCUT2D eigenvalue weighted by molar-refractivity contribution is 8.03. The molecule has 0 heterocycles. The Kier molecular flexibility index (Phi) is 8.12. The lowest BCUT2D eigenvalue weighted by Crippen LogP contribution is -2.21. The predicted octanol–water partition coefficient (Wildman–Crippen LogP) is 3.13. The van der Waals surface area contributed by atoms with Gasteiger partial charge in [-0.05, 0) is 49.6 Å². The molecule has 5 nitrogen and oxygen atoms in total. The van der Waals surface area contributed by atoms with E-state index in [0.717, 1.165) is 0 Å². The Hall–Kier alpha value is -2.21. The fourth-order valence-corrected chi connectivity index (χ4v) is 2.39. The number of ether oxygens (including phenoxy) is 2. The van der Waals surface area contributed by atoms with Crippen molar-refractivity contribution >= 4 is 23.5 Å². The molecule has 130 valence electrons. The van der Waals surface area contributed by atoms with Crippen LogP contribution < -0.4 is 4.74 Å². The zero-order chi connectivity index (χ0) is 18.1. The molecule has 1 aromatic rings. The molecule has 1 rings (SSSR count). The molecule has 0 radical (unpaired) electrons. The normalized spacial score (nSPS) is 11.9. The number of rotatable bonds is 8. The first-order chi connectivity index (χ1) is 11.4. The third-order valence-corrected chi connectivity index (χ3v) is 3.92. The van der Waals surface area contributed by atoms with E-state index in [2.05, 4.69) is 0 Å². The highest BCUT2D eigenvalue weighted by Crippen LogP contribution is 2.21. The topological polar surface area (TPSA) is 55.8 Å². The summed E-state index contributed by atoms with van der Waals surface area (Å²) in [5.41, 5.74) is 0.943. The maximum Gasteiger partial charge on any atom is 0.354 e. The highest BCUT2D eigenvalue weighted by atomic mass is 32.2. The lowest BCUT2D eigenvalue weighted by atomic mass is 10.1. The number of methoxy groups -OCH3 is 1. The number of ketones is 1. The van der Waals surface area contributed by atoms with Gasteiger partial charge in [0.05, 0.1) is 18.6 Å².